The van der Waals surface area contributed by atoms with Gasteiger partial charge in [0.2, 0.25) is 5.91 Å². The van der Waals surface area contributed by atoms with Crippen LogP contribution in [0, 0.1) is 0 Å². The summed E-state index contributed by atoms with van der Waals surface area (Å²) < 4.78 is 11.4. The number of hydrogen-bond donors (Lipinski definition) is 2. The summed E-state index contributed by atoms with van der Waals surface area (Å²) in [7, 11) is 0. The normalized spacial score (nSPS) is 10.4. The van der Waals surface area contributed by atoms with Gasteiger partial charge in [0, 0.05) is 27.7 Å². The summed E-state index contributed by atoms with van der Waals surface area (Å²) >= 11 is 12.4. The van der Waals surface area contributed by atoms with E-state index in [9.17, 15) is 9.59 Å². The number of amides is 2. The number of anilines is 2. The fourth-order valence-corrected chi connectivity index (χ4v) is 3.68. The Morgan fingerprint density at radius 2 is 1.33 bits per heavy atom. The minimum Gasteiger partial charge on any atom is -0.492 e. The lowest BCUT2D eigenvalue weighted by atomic mass is 10.1. The highest BCUT2D eigenvalue weighted by atomic mass is 35.5. The highest BCUT2D eigenvalue weighted by Crippen LogP contribution is 2.37. The van der Waals surface area contributed by atoms with Crippen LogP contribution in [-0.2, 0) is 11.2 Å². The van der Waals surface area contributed by atoms with Crippen molar-refractivity contribution < 1.29 is 19.1 Å². The molecule has 0 heterocycles. The van der Waals surface area contributed by atoms with Crippen LogP contribution in [0.4, 0.5) is 11.4 Å². The molecule has 3 aromatic rings. The van der Waals surface area contributed by atoms with Crippen LogP contribution in [0.15, 0.2) is 60.7 Å². The Labute approximate surface area is 202 Å². The van der Waals surface area contributed by atoms with E-state index in [-0.39, 0.29) is 18.2 Å². The molecule has 0 fully saturated rings. The Morgan fingerprint density at radius 1 is 0.788 bits per heavy atom. The molecule has 0 bridgehead atoms. The number of ether oxygens (including phenoxy) is 2. The van der Waals surface area contributed by atoms with Crippen LogP contribution in [0.1, 0.15) is 29.8 Å². The monoisotopic (exact) mass is 486 g/mol. The predicted molar refractivity (Wildman–Crippen MR) is 132 cm³/mol. The van der Waals surface area contributed by atoms with E-state index in [1.807, 2.05) is 19.9 Å². The average molecular weight is 487 g/mol. The molecular weight excluding hydrogens is 463 g/mol. The number of nitrogens with one attached hydrogen (secondary N) is 2. The molecule has 0 saturated carbocycles. The summed E-state index contributed by atoms with van der Waals surface area (Å²) in [4.78, 5) is 25.4. The van der Waals surface area contributed by atoms with Gasteiger partial charge in [0.05, 0.1) is 31.0 Å². The molecule has 2 amide bonds. The van der Waals surface area contributed by atoms with Gasteiger partial charge in [-0.05, 0) is 43.7 Å². The van der Waals surface area contributed by atoms with Gasteiger partial charge >= 0.3 is 0 Å². The lowest BCUT2D eigenvalue weighted by Gasteiger charge is -2.18. The van der Waals surface area contributed by atoms with E-state index in [1.165, 1.54) is 0 Å². The van der Waals surface area contributed by atoms with Gasteiger partial charge < -0.3 is 20.1 Å². The third kappa shape index (κ3) is 6.40. The minimum absolute atomic E-state index is 0.0134. The van der Waals surface area contributed by atoms with Gasteiger partial charge in [0.1, 0.15) is 11.5 Å². The van der Waals surface area contributed by atoms with Crippen molar-refractivity contribution in [2.75, 3.05) is 23.8 Å². The van der Waals surface area contributed by atoms with Gasteiger partial charge in [-0.25, -0.2) is 0 Å². The lowest BCUT2D eigenvalue weighted by molar-refractivity contribution is -0.115. The summed E-state index contributed by atoms with van der Waals surface area (Å²) in [5, 5.41) is 6.52. The Hall–Kier alpha value is -3.22. The standard InChI is InChI=1S/C25H24Cl2N2O4/c1-3-32-22-15-21(29-25(31)16-9-6-5-7-10-16)23(33-4-2)14-20(22)28-24(30)13-17-18(26)11-8-12-19(17)27/h5-12,14-15H,3-4,13H2,1-2H3,(H,28,30)(H,29,31). The molecule has 0 unspecified atom stereocenters. The quantitative estimate of drug-likeness (QED) is 0.376. The van der Waals surface area contributed by atoms with Crippen molar-refractivity contribution in [1.29, 1.82) is 0 Å². The summed E-state index contributed by atoms with van der Waals surface area (Å²) in [6.45, 7) is 4.38. The van der Waals surface area contributed by atoms with Crippen molar-refractivity contribution in [2.24, 2.45) is 0 Å². The van der Waals surface area contributed by atoms with E-state index >= 15 is 0 Å². The van der Waals surface area contributed by atoms with Crippen molar-refractivity contribution in [1.82, 2.24) is 0 Å². The van der Waals surface area contributed by atoms with E-state index in [0.717, 1.165) is 0 Å². The fraction of sp³-hybridized carbons (Fsp3) is 0.200. The number of carbonyl (C=O) groups is 2. The van der Waals surface area contributed by atoms with Crippen LogP contribution in [0.5, 0.6) is 11.5 Å². The zero-order valence-corrected chi connectivity index (χ0v) is 19.8. The first-order valence-electron chi connectivity index (χ1n) is 10.5. The van der Waals surface area contributed by atoms with E-state index in [4.69, 9.17) is 32.7 Å². The lowest BCUT2D eigenvalue weighted by Crippen LogP contribution is -2.17. The molecular formula is C25H24Cl2N2O4. The van der Waals surface area contributed by atoms with Crippen molar-refractivity contribution in [3.63, 3.8) is 0 Å². The summed E-state index contributed by atoms with van der Waals surface area (Å²) in [6.07, 6.45) is -0.0134. The molecule has 33 heavy (non-hydrogen) atoms. The third-order valence-electron chi connectivity index (χ3n) is 4.64. The van der Waals surface area contributed by atoms with Crippen LogP contribution >= 0.6 is 23.2 Å². The molecule has 0 radical (unpaired) electrons. The van der Waals surface area contributed by atoms with Crippen LogP contribution in [0.2, 0.25) is 10.0 Å². The second kappa shape index (κ2) is 11.6. The maximum absolute atomic E-state index is 12.8. The van der Waals surface area contributed by atoms with Crippen molar-refractivity contribution >= 4 is 46.4 Å². The highest BCUT2D eigenvalue weighted by Gasteiger charge is 2.18. The molecule has 3 aromatic carbocycles. The van der Waals surface area contributed by atoms with Crippen LogP contribution < -0.4 is 20.1 Å². The van der Waals surface area contributed by atoms with Gasteiger partial charge in [-0.15, -0.1) is 0 Å². The second-order valence-corrected chi connectivity index (χ2v) is 7.77. The molecule has 3 rings (SSSR count). The second-order valence-electron chi connectivity index (χ2n) is 6.96. The number of halogens is 2. The number of rotatable bonds is 9. The minimum atomic E-state index is -0.325. The summed E-state index contributed by atoms with van der Waals surface area (Å²) in [5.41, 5.74) is 1.88. The molecule has 8 heteroatoms. The Morgan fingerprint density at radius 3 is 1.88 bits per heavy atom. The topological polar surface area (TPSA) is 76.7 Å². The van der Waals surface area contributed by atoms with E-state index in [0.29, 0.717) is 57.3 Å². The Kier molecular flexibility index (Phi) is 8.58. The SMILES string of the molecule is CCOc1cc(NC(=O)c2ccccc2)c(OCC)cc1NC(=O)Cc1c(Cl)cccc1Cl. The summed E-state index contributed by atoms with van der Waals surface area (Å²) in [6, 6.07) is 17.2. The first-order valence-corrected chi connectivity index (χ1v) is 11.2. The van der Waals surface area contributed by atoms with Gasteiger partial charge in [0.15, 0.2) is 0 Å². The molecule has 172 valence electrons. The smallest absolute Gasteiger partial charge is 0.255 e. The van der Waals surface area contributed by atoms with Crippen LogP contribution in [0.3, 0.4) is 0 Å². The van der Waals surface area contributed by atoms with E-state index in [1.54, 1.807) is 54.6 Å². The predicted octanol–water partition coefficient (Wildman–Crippen LogP) is 6.22. The Bertz CT molecular complexity index is 1120. The zero-order chi connectivity index (χ0) is 23.8. The van der Waals surface area contributed by atoms with Crippen LogP contribution in [0.25, 0.3) is 0 Å². The number of benzene rings is 3. The first kappa shape index (κ1) is 24.4. The Balaban J connectivity index is 1.88. The first-order chi connectivity index (χ1) is 15.9. The molecule has 0 aliphatic rings. The third-order valence-corrected chi connectivity index (χ3v) is 5.35. The van der Waals surface area contributed by atoms with Gasteiger partial charge in [-0.1, -0.05) is 47.5 Å². The van der Waals surface area contributed by atoms with Crippen molar-refractivity contribution in [2.45, 2.75) is 20.3 Å². The molecule has 6 nitrogen and oxygen atoms in total. The maximum atomic E-state index is 12.8. The molecule has 0 aromatic heterocycles. The van der Waals surface area contributed by atoms with E-state index < -0.39 is 0 Å². The maximum Gasteiger partial charge on any atom is 0.255 e. The summed E-state index contributed by atoms with van der Waals surface area (Å²) in [5.74, 6) is 0.179. The van der Waals surface area contributed by atoms with Crippen molar-refractivity contribution in [3.8, 4) is 11.5 Å². The molecule has 2 N–H and O–H groups in total. The highest BCUT2D eigenvalue weighted by molar-refractivity contribution is 6.36. The van der Waals surface area contributed by atoms with Gasteiger partial charge in [-0.2, -0.15) is 0 Å². The zero-order valence-electron chi connectivity index (χ0n) is 18.3. The fourth-order valence-electron chi connectivity index (χ4n) is 3.15. The molecule has 0 spiro atoms. The van der Waals surface area contributed by atoms with Crippen molar-refractivity contribution in [3.05, 3.63) is 81.8 Å². The number of carbonyl (C=O) groups excluding carboxylic acids is 2. The van der Waals surface area contributed by atoms with Crippen LogP contribution in [-0.4, -0.2) is 25.0 Å². The average Bonchev–Trinajstić information content (AvgIpc) is 2.80. The molecule has 0 atom stereocenters. The van der Waals surface area contributed by atoms with Gasteiger partial charge in [-0.3, -0.25) is 9.59 Å². The largest absolute Gasteiger partial charge is 0.492 e. The number of hydrogen-bond acceptors (Lipinski definition) is 4. The van der Waals surface area contributed by atoms with Gasteiger partial charge in [0.25, 0.3) is 5.91 Å². The molecule has 0 aliphatic carbocycles. The molecule has 0 aliphatic heterocycles. The molecule has 0 saturated heterocycles. The van der Waals surface area contributed by atoms with E-state index in [2.05, 4.69) is 10.6 Å².